The molecule has 0 aliphatic carbocycles. The van der Waals surface area contributed by atoms with Crippen molar-refractivity contribution in [3.05, 3.63) is 188 Å². The summed E-state index contributed by atoms with van der Waals surface area (Å²) in [5, 5.41) is 9.03. The standard InChI is InChI=1S/C28H32N2O3.C25H26N2O2/c1-18-10-12-22(13-11-18)27-23(17-33-21(4)9-6-16-31)14-15-24(30-27)26(28(29)32)25-19(2)7-5-8-20(25)3;1-14-9-10-19(17(4)13-14)24-20(18(5)28)11-12-21(27-24)23(25(26)29)22-15(2)7-6-8-16(22)3/h5,7-8,10-15,26,31H,4,6,9,16-17H2,1-3H3,(H2,29,32);6-13,23H,1-5H3,(H2,26,29). The molecule has 2 heterocycles. The van der Waals surface area contributed by atoms with E-state index in [9.17, 15) is 14.4 Å². The Balaban J connectivity index is 0.000000236. The van der Waals surface area contributed by atoms with Crippen LogP contribution in [0, 0.1) is 48.5 Å². The summed E-state index contributed by atoms with van der Waals surface area (Å²) in [4.78, 5) is 47.2. The maximum absolute atomic E-state index is 12.6. The van der Waals surface area contributed by atoms with E-state index < -0.39 is 23.7 Å². The first-order valence-electron chi connectivity index (χ1n) is 20.8. The molecular weight excluding hydrogens is 773 g/mol. The number of aliphatic hydroxyl groups is 1. The Morgan fingerprint density at radius 2 is 1.15 bits per heavy atom. The zero-order valence-electron chi connectivity index (χ0n) is 37.1. The molecular formula is C53H58N4O5. The number of benzene rings is 4. The number of ketones is 1. The Labute approximate surface area is 365 Å². The number of Topliss-reactive ketones (excluding diaryl/α,β-unsaturated/α-hetero) is 1. The lowest BCUT2D eigenvalue weighted by molar-refractivity contribution is -0.119. The van der Waals surface area contributed by atoms with Crippen LogP contribution in [0.2, 0.25) is 0 Å². The van der Waals surface area contributed by atoms with Crippen LogP contribution in [0.1, 0.15) is 109 Å². The lowest BCUT2D eigenvalue weighted by Crippen LogP contribution is -2.25. The topological polar surface area (TPSA) is 158 Å². The first kappa shape index (κ1) is 46.4. The van der Waals surface area contributed by atoms with Crippen LogP contribution in [0.5, 0.6) is 0 Å². The molecule has 0 radical (unpaired) electrons. The molecule has 2 unspecified atom stereocenters. The Kier molecular flexibility index (Phi) is 15.5. The summed E-state index contributed by atoms with van der Waals surface area (Å²) in [6.45, 7) is 19.8. The summed E-state index contributed by atoms with van der Waals surface area (Å²) >= 11 is 0. The Morgan fingerprint density at radius 1 is 0.645 bits per heavy atom. The number of amides is 2. The number of carbonyl (C=O) groups excluding carboxylic acids is 3. The van der Waals surface area contributed by atoms with Gasteiger partial charge >= 0.3 is 0 Å². The van der Waals surface area contributed by atoms with E-state index >= 15 is 0 Å². The van der Waals surface area contributed by atoms with Crippen LogP contribution in [0.3, 0.4) is 0 Å². The monoisotopic (exact) mass is 830 g/mol. The van der Waals surface area contributed by atoms with E-state index in [4.69, 9.17) is 31.3 Å². The van der Waals surface area contributed by atoms with Gasteiger partial charge in [0.15, 0.2) is 5.78 Å². The molecule has 0 saturated carbocycles. The summed E-state index contributed by atoms with van der Waals surface area (Å²) < 4.78 is 5.85. The normalized spacial score (nSPS) is 11.8. The number of nitrogens with two attached hydrogens (primary N) is 2. The fourth-order valence-electron chi connectivity index (χ4n) is 7.91. The van der Waals surface area contributed by atoms with Gasteiger partial charge < -0.3 is 21.3 Å². The molecule has 0 spiro atoms. The van der Waals surface area contributed by atoms with Crippen molar-refractivity contribution in [2.75, 3.05) is 6.61 Å². The molecule has 0 saturated heterocycles. The highest BCUT2D eigenvalue weighted by atomic mass is 16.5. The maximum Gasteiger partial charge on any atom is 0.231 e. The molecule has 2 aromatic heterocycles. The van der Waals surface area contributed by atoms with Crippen LogP contribution in [0.15, 0.2) is 115 Å². The lowest BCUT2D eigenvalue weighted by Gasteiger charge is -2.20. The van der Waals surface area contributed by atoms with Crippen LogP contribution in [0.4, 0.5) is 0 Å². The molecule has 6 rings (SSSR count). The molecule has 4 aromatic carbocycles. The number of aromatic nitrogens is 2. The van der Waals surface area contributed by atoms with Gasteiger partial charge in [0.05, 0.1) is 28.5 Å². The third kappa shape index (κ3) is 11.0. The zero-order valence-corrected chi connectivity index (χ0v) is 37.1. The van der Waals surface area contributed by atoms with E-state index in [1.54, 1.807) is 12.1 Å². The van der Waals surface area contributed by atoms with Gasteiger partial charge in [-0.25, -0.2) is 0 Å². The Hall–Kier alpha value is -6.71. The van der Waals surface area contributed by atoms with Crippen molar-refractivity contribution >= 4 is 17.6 Å². The fraction of sp³-hybridized carbons (Fsp3) is 0.264. The maximum atomic E-state index is 12.6. The minimum atomic E-state index is -0.679. The van der Waals surface area contributed by atoms with E-state index in [1.165, 1.54) is 6.92 Å². The smallest absolute Gasteiger partial charge is 0.231 e. The van der Waals surface area contributed by atoms with Gasteiger partial charge in [-0.15, -0.1) is 0 Å². The van der Waals surface area contributed by atoms with E-state index in [-0.39, 0.29) is 12.4 Å². The summed E-state index contributed by atoms with van der Waals surface area (Å²) in [5.41, 5.74) is 26.5. The molecule has 6 aromatic rings. The van der Waals surface area contributed by atoms with Crippen molar-refractivity contribution in [3.63, 3.8) is 0 Å². The molecule has 0 aliphatic heterocycles. The van der Waals surface area contributed by atoms with Crippen LogP contribution in [-0.4, -0.2) is 39.3 Å². The third-order valence-corrected chi connectivity index (χ3v) is 11.1. The predicted octanol–water partition coefficient (Wildman–Crippen LogP) is 9.90. The second-order valence-corrected chi connectivity index (χ2v) is 16.1. The Bertz CT molecular complexity index is 2570. The van der Waals surface area contributed by atoms with Crippen LogP contribution >= 0.6 is 0 Å². The second kappa shape index (κ2) is 20.7. The first-order chi connectivity index (χ1) is 29.5. The average molecular weight is 831 g/mol. The summed E-state index contributed by atoms with van der Waals surface area (Å²) in [6, 6.07) is 33.3. The van der Waals surface area contributed by atoms with Gasteiger partial charge in [0.25, 0.3) is 0 Å². The van der Waals surface area contributed by atoms with Gasteiger partial charge in [-0.05, 0) is 119 Å². The summed E-state index contributed by atoms with van der Waals surface area (Å²) in [7, 11) is 0. The van der Waals surface area contributed by atoms with Gasteiger partial charge in [0.1, 0.15) is 18.4 Å². The van der Waals surface area contributed by atoms with E-state index in [1.807, 2.05) is 133 Å². The number of aryl methyl sites for hydroxylation is 7. The van der Waals surface area contributed by atoms with Crippen LogP contribution in [0.25, 0.3) is 22.5 Å². The highest BCUT2D eigenvalue weighted by Crippen LogP contribution is 2.34. The molecule has 9 heteroatoms. The first-order valence-corrected chi connectivity index (χ1v) is 20.8. The molecule has 2 atom stereocenters. The number of nitrogens with zero attached hydrogens (tertiary/aromatic N) is 2. The number of hydrogen-bond donors (Lipinski definition) is 3. The van der Waals surface area contributed by atoms with Crippen LogP contribution < -0.4 is 11.5 Å². The van der Waals surface area contributed by atoms with Crippen molar-refractivity contribution in [2.45, 2.75) is 86.7 Å². The van der Waals surface area contributed by atoms with E-state index in [2.05, 4.69) is 12.6 Å². The third-order valence-electron chi connectivity index (χ3n) is 11.1. The average Bonchev–Trinajstić information content (AvgIpc) is 3.22. The molecule has 62 heavy (non-hydrogen) atoms. The number of aliphatic hydroxyl groups excluding tert-OH is 1. The van der Waals surface area contributed by atoms with Crippen molar-refractivity contribution in [1.29, 1.82) is 0 Å². The molecule has 0 fully saturated rings. The molecule has 5 N–H and O–H groups in total. The number of carbonyl (C=O) groups is 3. The fourth-order valence-corrected chi connectivity index (χ4v) is 7.91. The molecule has 0 aliphatic rings. The zero-order chi connectivity index (χ0) is 45.2. The predicted molar refractivity (Wildman–Crippen MR) is 248 cm³/mol. The number of primary amides is 2. The summed E-state index contributed by atoms with van der Waals surface area (Å²) in [5.74, 6) is -1.67. The SMILES string of the molecule is C=C(CCCO)OCc1ccc(C(C(N)=O)c2c(C)cccc2C)nc1-c1ccc(C)cc1.CC(=O)c1ccc(C(C(N)=O)c2c(C)cccc2C)nc1-c1ccc(C)cc1C. The number of allylic oxidation sites excluding steroid dienone is 1. The molecule has 0 bridgehead atoms. The minimum Gasteiger partial charge on any atom is -0.494 e. The number of ether oxygens (including phenoxy) is 1. The van der Waals surface area contributed by atoms with E-state index in [0.29, 0.717) is 47.9 Å². The minimum absolute atomic E-state index is 0.0678. The van der Waals surface area contributed by atoms with Crippen molar-refractivity contribution in [2.24, 2.45) is 11.5 Å². The van der Waals surface area contributed by atoms with Gasteiger partial charge in [0, 0.05) is 35.3 Å². The number of pyridine rings is 2. The lowest BCUT2D eigenvalue weighted by atomic mass is 9.86. The quantitative estimate of drug-likeness (QED) is 0.0687. The van der Waals surface area contributed by atoms with Gasteiger partial charge in [-0.3, -0.25) is 24.4 Å². The van der Waals surface area contributed by atoms with Gasteiger partial charge in [-0.2, -0.15) is 0 Å². The number of hydrogen-bond acceptors (Lipinski definition) is 7. The van der Waals surface area contributed by atoms with Crippen molar-refractivity contribution in [1.82, 2.24) is 9.97 Å². The highest BCUT2D eigenvalue weighted by Gasteiger charge is 2.28. The second-order valence-electron chi connectivity index (χ2n) is 16.1. The van der Waals surface area contributed by atoms with E-state index in [0.717, 1.165) is 72.5 Å². The number of rotatable bonds is 15. The highest BCUT2D eigenvalue weighted by molar-refractivity contribution is 6.00. The van der Waals surface area contributed by atoms with Gasteiger partial charge in [0.2, 0.25) is 11.8 Å². The molecule has 320 valence electrons. The summed E-state index contributed by atoms with van der Waals surface area (Å²) in [6.07, 6.45) is 1.20. The van der Waals surface area contributed by atoms with Crippen molar-refractivity contribution in [3.8, 4) is 22.5 Å². The Morgan fingerprint density at radius 3 is 1.63 bits per heavy atom. The van der Waals surface area contributed by atoms with Gasteiger partial charge in [-0.1, -0.05) is 103 Å². The van der Waals surface area contributed by atoms with Crippen molar-refractivity contribution < 1.29 is 24.2 Å². The van der Waals surface area contributed by atoms with Crippen LogP contribution in [-0.2, 0) is 20.9 Å². The molecule has 2 amide bonds. The molecule has 9 nitrogen and oxygen atoms in total. The largest absolute Gasteiger partial charge is 0.494 e.